The summed E-state index contributed by atoms with van der Waals surface area (Å²) in [4.78, 5) is 11.6. The summed E-state index contributed by atoms with van der Waals surface area (Å²) in [7, 11) is 0. The second-order valence-electron chi connectivity index (χ2n) is 3.98. The summed E-state index contributed by atoms with van der Waals surface area (Å²) in [6.45, 7) is 5.20. The Hall–Kier alpha value is -0.410. The molecule has 0 radical (unpaired) electrons. The quantitative estimate of drug-likeness (QED) is 0.637. The Morgan fingerprint density at radius 2 is 1.93 bits per heavy atom. The first-order valence-corrected chi connectivity index (χ1v) is 6.03. The summed E-state index contributed by atoms with van der Waals surface area (Å²) in [5, 5.41) is 0. The number of Topliss-reactive ketones (excluding diaryl/α,β-unsaturated/α-hetero) is 1. The molecule has 0 bridgehead atoms. The molecule has 1 atom stereocenters. The van der Waals surface area contributed by atoms with Crippen molar-refractivity contribution in [2.24, 2.45) is 5.92 Å². The fourth-order valence-corrected chi connectivity index (χ4v) is 2.09. The maximum Gasteiger partial charge on any atom is 0.158 e. The summed E-state index contributed by atoms with van der Waals surface area (Å²) >= 11 is 0. The SMILES string of the molecule is CCOC(CC1CCCCC1=O)OCC. The van der Waals surface area contributed by atoms with Gasteiger partial charge in [-0.3, -0.25) is 4.79 Å². The van der Waals surface area contributed by atoms with E-state index in [9.17, 15) is 4.79 Å². The van der Waals surface area contributed by atoms with Gasteiger partial charge in [0.05, 0.1) is 0 Å². The van der Waals surface area contributed by atoms with E-state index < -0.39 is 0 Å². The maximum atomic E-state index is 11.6. The van der Waals surface area contributed by atoms with Crippen LogP contribution in [0.2, 0.25) is 0 Å². The number of ether oxygens (including phenoxy) is 2. The number of hydrogen-bond acceptors (Lipinski definition) is 3. The number of rotatable bonds is 6. The number of carbonyl (C=O) groups is 1. The third-order valence-corrected chi connectivity index (χ3v) is 2.86. The number of carbonyl (C=O) groups excluding carboxylic acids is 1. The van der Waals surface area contributed by atoms with Crippen LogP contribution < -0.4 is 0 Å². The van der Waals surface area contributed by atoms with Crippen molar-refractivity contribution in [3.8, 4) is 0 Å². The zero-order chi connectivity index (χ0) is 11.1. The first kappa shape index (κ1) is 12.7. The molecule has 0 aromatic heterocycles. The second-order valence-corrected chi connectivity index (χ2v) is 3.98. The predicted molar refractivity (Wildman–Crippen MR) is 58.6 cm³/mol. The normalized spacial score (nSPS) is 22.3. The topological polar surface area (TPSA) is 35.5 Å². The van der Waals surface area contributed by atoms with Crippen LogP contribution in [0.1, 0.15) is 46.0 Å². The summed E-state index contributed by atoms with van der Waals surface area (Å²) in [5.41, 5.74) is 0. The zero-order valence-corrected chi connectivity index (χ0v) is 9.83. The van der Waals surface area contributed by atoms with Gasteiger partial charge in [0.1, 0.15) is 5.78 Å². The molecule has 1 saturated carbocycles. The molecule has 1 aliphatic carbocycles. The molecule has 3 heteroatoms. The fraction of sp³-hybridized carbons (Fsp3) is 0.917. The number of hydrogen-bond donors (Lipinski definition) is 0. The predicted octanol–water partition coefficient (Wildman–Crippen LogP) is 2.53. The van der Waals surface area contributed by atoms with Crippen LogP contribution in [0.15, 0.2) is 0 Å². The largest absolute Gasteiger partial charge is 0.353 e. The van der Waals surface area contributed by atoms with E-state index in [-0.39, 0.29) is 12.2 Å². The molecule has 0 aromatic rings. The van der Waals surface area contributed by atoms with Crippen molar-refractivity contribution in [3.05, 3.63) is 0 Å². The van der Waals surface area contributed by atoms with E-state index >= 15 is 0 Å². The molecule has 1 fully saturated rings. The van der Waals surface area contributed by atoms with E-state index in [1.54, 1.807) is 0 Å². The molecular formula is C12H22O3. The van der Waals surface area contributed by atoms with Gasteiger partial charge < -0.3 is 9.47 Å². The van der Waals surface area contributed by atoms with E-state index in [2.05, 4.69) is 0 Å². The average molecular weight is 214 g/mol. The molecule has 1 rings (SSSR count). The van der Waals surface area contributed by atoms with Crippen molar-refractivity contribution in [1.29, 1.82) is 0 Å². The van der Waals surface area contributed by atoms with Gasteiger partial charge in [0, 0.05) is 32.0 Å². The first-order valence-electron chi connectivity index (χ1n) is 6.03. The third kappa shape index (κ3) is 4.31. The lowest BCUT2D eigenvalue weighted by atomic mass is 9.85. The molecule has 0 spiro atoms. The Bertz CT molecular complexity index is 185. The standard InChI is InChI=1S/C12H22O3/c1-3-14-12(15-4-2)9-10-7-5-6-8-11(10)13/h10,12H,3-9H2,1-2H3. The Labute approximate surface area is 92.1 Å². The maximum absolute atomic E-state index is 11.6. The molecular weight excluding hydrogens is 192 g/mol. The minimum Gasteiger partial charge on any atom is -0.353 e. The van der Waals surface area contributed by atoms with Gasteiger partial charge in [-0.1, -0.05) is 6.42 Å². The highest BCUT2D eigenvalue weighted by molar-refractivity contribution is 5.81. The molecule has 1 aliphatic rings. The van der Waals surface area contributed by atoms with Gasteiger partial charge in [0.2, 0.25) is 0 Å². The van der Waals surface area contributed by atoms with Crippen molar-refractivity contribution < 1.29 is 14.3 Å². The van der Waals surface area contributed by atoms with Crippen molar-refractivity contribution in [1.82, 2.24) is 0 Å². The highest BCUT2D eigenvalue weighted by atomic mass is 16.7. The number of ketones is 1. The van der Waals surface area contributed by atoms with Gasteiger partial charge in [0.15, 0.2) is 6.29 Å². The highest BCUT2D eigenvalue weighted by Gasteiger charge is 2.25. The molecule has 0 N–H and O–H groups in total. The van der Waals surface area contributed by atoms with E-state index in [0.29, 0.717) is 19.0 Å². The smallest absolute Gasteiger partial charge is 0.158 e. The minimum absolute atomic E-state index is 0.168. The molecule has 0 saturated heterocycles. The molecule has 3 nitrogen and oxygen atoms in total. The van der Waals surface area contributed by atoms with Crippen LogP contribution in [0.3, 0.4) is 0 Å². The van der Waals surface area contributed by atoms with Crippen LogP contribution in [-0.2, 0) is 14.3 Å². The summed E-state index contributed by atoms with van der Waals surface area (Å²) in [6, 6.07) is 0. The molecule has 0 heterocycles. The molecule has 1 unspecified atom stereocenters. The van der Waals surface area contributed by atoms with Gasteiger partial charge in [-0.25, -0.2) is 0 Å². The van der Waals surface area contributed by atoms with Crippen LogP contribution in [-0.4, -0.2) is 25.3 Å². The van der Waals surface area contributed by atoms with Crippen molar-refractivity contribution in [2.45, 2.75) is 52.2 Å². The van der Waals surface area contributed by atoms with Gasteiger partial charge in [-0.15, -0.1) is 0 Å². The Kier molecular flexibility index (Phi) is 5.88. The van der Waals surface area contributed by atoms with Crippen LogP contribution in [0, 0.1) is 5.92 Å². The summed E-state index contributed by atoms with van der Waals surface area (Å²) in [5.74, 6) is 0.563. The minimum atomic E-state index is -0.188. The average Bonchev–Trinajstić information content (AvgIpc) is 2.22. The lowest BCUT2D eigenvalue weighted by Crippen LogP contribution is -2.27. The fourth-order valence-electron chi connectivity index (χ4n) is 2.09. The molecule has 88 valence electrons. The van der Waals surface area contributed by atoms with Crippen LogP contribution in [0.4, 0.5) is 0 Å². The first-order chi connectivity index (χ1) is 7.27. The summed E-state index contributed by atoms with van der Waals surface area (Å²) in [6.07, 6.45) is 4.53. The Balaban J connectivity index is 2.37. The second kappa shape index (κ2) is 6.96. The van der Waals surface area contributed by atoms with Crippen molar-refractivity contribution >= 4 is 5.78 Å². The zero-order valence-electron chi connectivity index (χ0n) is 9.83. The van der Waals surface area contributed by atoms with Gasteiger partial charge in [0.25, 0.3) is 0 Å². The molecule has 15 heavy (non-hydrogen) atoms. The monoisotopic (exact) mass is 214 g/mol. The third-order valence-electron chi connectivity index (χ3n) is 2.86. The van der Waals surface area contributed by atoms with E-state index in [4.69, 9.17) is 9.47 Å². The van der Waals surface area contributed by atoms with Crippen LogP contribution in [0.5, 0.6) is 0 Å². The van der Waals surface area contributed by atoms with E-state index in [1.807, 2.05) is 13.8 Å². The van der Waals surface area contributed by atoms with Gasteiger partial charge >= 0.3 is 0 Å². The van der Waals surface area contributed by atoms with Crippen molar-refractivity contribution in [2.75, 3.05) is 13.2 Å². The molecule has 0 aromatic carbocycles. The van der Waals surface area contributed by atoms with Gasteiger partial charge in [-0.2, -0.15) is 0 Å². The summed E-state index contributed by atoms with van der Waals surface area (Å²) < 4.78 is 10.9. The van der Waals surface area contributed by atoms with E-state index in [1.165, 1.54) is 6.42 Å². The Morgan fingerprint density at radius 1 is 1.27 bits per heavy atom. The Morgan fingerprint density at radius 3 is 2.47 bits per heavy atom. The highest BCUT2D eigenvalue weighted by Crippen LogP contribution is 2.25. The lowest BCUT2D eigenvalue weighted by Gasteiger charge is -2.25. The lowest BCUT2D eigenvalue weighted by molar-refractivity contribution is -0.153. The molecule has 0 amide bonds. The van der Waals surface area contributed by atoms with Crippen LogP contribution >= 0.6 is 0 Å². The van der Waals surface area contributed by atoms with Crippen molar-refractivity contribution in [3.63, 3.8) is 0 Å². The van der Waals surface area contributed by atoms with E-state index in [0.717, 1.165) is 25.7 Å². The molecule has 0 aliphatic heterocycles. The van der Waals surface area contributed by atoms with Gasteiger partial charge in [-0.05, 0) is 26.7 Å². The van der Waals surface area contributed by atoms with Crippen LogP contribution in [0.25, 0.3) is 0 Å².